The number of ketones is 1. The molecule has 156 valence electrons. The van der Waals surface area contributed by atoms with Crippen molar-refractivity contribution in [3.05, 3.63) is 47.3 Å². The quantitative estimate of drug-likeness (QED) is 0.679. The summed E-state index contributed by atoms with van der Waals surface area (Å²) in [5, 5.41) is 3.19. The number of ether oxygens (including phenoxy) is 1. The first-order valence-corrected chi connectivity index (χ1v) is 10.9. The van der Waals surface area contributed by atoms with Gasteiger partial charge < -0.3 is 15.8 Å². The molecule has 8 nitrogen and oxygen atoms in total. The fourth-order valence-corrected chi connectivity index (χ4v) is 4.64. The van der Waals surface area contributed by atoms with E-state index in [1.807, 2.05) is 0 Å². The van der Waals surface area contributed by atoms with Gasteiger partial charge in [0, 0.05) is 6.04 Å². The average Bonchev–Trinajstić information content (AvgIpc) is 2.67. The summed E-state index contributed by atoms with van der Waals surface area (Å²) in [6, 6.07) is 6.20. The first-order chi connectivity index (χ1) is 13.7. The molecule has 1 aliphatic heterocycles. The van der Waals surface area contributed by atoms with E-state index in [0.717, 1.165) is 12.3 Å². The van der Waals surface area contributed by atoms with Gasteiger partial charge in [-0.05, 0) is 56.3 Å². The molecule has 2 aromatic rings. The van der Waals surface area contributed by atoms with Crippen molar-refractivity contribution in [2.45, 2.75) is 18.9 Å². The summed E-state index contributed by atoms with van der Waals surface area (Å²) in [4.78, 5) is 17.1. The number of methoxy groups -OCH3 is 1. The van der Waals surface area contributed by atoms with Crippen molar-refractivity contribution in [3.8, 4) is 5.75 Å². The molecule has 0 bridgehead atoms. The number of piperidine rings is 1. The Hall–Kier alpha value is -2.72. The topological polar surface area (TPSA) is 115 Å². The maximum atomic E-state index is 13.6. The van der Waals surface area contributed by atoms with Crippen LogP contribution in [0.3, 0.4) is 0 Å². The zero-order valence-corrected chi connectivity index (χ0v) is 17.0. The molecule has 1 aromatic carbocycles. The van der Waals surface area contributed by atoms with Crippen LogP contribution >= 0.6 is 0 Å². The lowest BCUT2D eigenvalue weighted by atomic mass is 10.0. The number of carbonyl (C=O) groups is 1. The van der Waals surface area contributed by atoms with E-state index in [1.165, 1.54) is 35.7 Å². The molecule has 0 radical (unpaired) electrons. The largest absolute Gasteiger partial charge is 0.496 e. The van der Waals surface area contributed by atoms with Gasteiger partial charge in [0.15, 0.2) is 0 Å². The van der Waals surface area contributed by atoms with E-state index >= 15 is 0 Å². The van der Waals surface area contributed by atoms with Gasteiger partial charge in [0.05, 0.1) is 24.5 Å². The zero-order chi connectivity index (χ0) is 21.2. The lowest BCUT2D eigenvalue weighted by molar-refractivity contribution is 0.103. The van der Waals surface area contributed by atoms with E-state index < -0.39 is 21.6 Å². The van der Waals surface area contributed by atoms with Gasteiger partial charge in [0.1, 0.15) is 23.2 Å². The number of nitrogens with two attached hydrogens (primary N) is 1. The van der Waals surface area contributed by atoms with Crippen LogP contribution in [0.25, 0.3) is 0 Å². The number of nitrogen functional groups attached to an aromatic ring is 1. The van der Waals surface area contributed by atoms with E-state index in [9.17, 15) is 17.6 Å². The van der Waals surface area contributed by atoms with Crippen LogP contribution in [0.4, 0.5) is 16.0 Å². The first kappa shape index (κ1) is 21.0. The Labute approximate surface area is 168 Å². The molecule has 1 aromatic heterocycles. The molecule has 3 N–H and O–H groups in total. The molecule has 1 fully saturated rings. The fourth-order valence-electron chi connectivity index (χ4n) is 3.45. The van der Waals surface area contributed by atoms with Gasteiger partial charge in [-0.2, -0.15) is 0 Å². The first-order valence-electron chi connectivity index (χ1n) is 9.07. The molecule has 0 unspecified atom stereocenters. The number of sulfonamides is 1. The second-order valence-electron chi connectivity index (χ2n) is 6.82. The lowest BCUT2D eigenvalue weighted by Crippen LogP contribution is -2.46. The summed E-state index contributed by atoms with van der Waals surface area (Å²) in [5.74, 6) is -0.939. The third-order valence-electron chi connectivity index (χ3n) is 4.78. The second-order valence-corrected chi connectivity index (χ2v) is 8.68. The number of halogens is 1. The summed E-state index contributed by atoms with van der Waals surface area (Å²) in [6.45, 7) is 1.39. The predicted octanol–water partition coefficient (Wildman–Crippen LogP) is 1.56. The normalized spacial score (nSPS) is 15.1. The third kappa shape index (κ3) is 4.48. The highest BCUT2D eigenvalue weighted by atomic mass is 32.2. The zero-order valence-electron chi connectivity index (χ0n) is 16.2. The Kier molecular flexibility index (Phi) is 6.04. The molecular formula is C19H23FN4O4S. The van der Waals surface area contributed by atoms with E-state index in [-0.39, 0.29) is 34.6 Å². The molecule has 29 heavy (non-hydrogen) atoms. The molecule has 2 heterocycles. The van der Waals surface area contributed by atoms with Crippen LogP contribution in [0.1, 0.15) is 28.8 Å². The van der Waals surface area contributed by atoms with Crippen LogP contribution in [0.15, 0.2) is 30.3 Å². The number of anilines is 2. The Bertz CT molecular complexity index is 1020. The standard InChI is InChI=1S/C19H23FN4O4S/c1-28-16-5-3-12(20)11-15(16)18(25)14-4-6-17(23-19(14)21)24(29(2,26)27)13-7-9-22-10-8-13/h3-6,11,13,22H,7-10H2,1-2H3,(H2,21,23). The summed E-state index contributed by atoms with van der Waals surface area (Å²) in [6.07, 6.45) is 2.38. The molecule has 0 spiro atoms. The number of rotatable bonds is 6. The van der Waals surface area contributed by atoms with E-state index in [2.05, 4.69) is 10.3 Å². The molecule has 3 rings (SSSR count). The number of benzene rings is 1. The molecule has 1 saturated heterocycles. The molecule has 0 aliphatic carbocycles. The Morgan fingerprint density at radius 3 is 2.52 bits per heavy atom. The van der Waals surface area contributed by atoms with Gasteiger partial charge in [-0.3, -0.25) is 9.10 Å². The number of carbonyl (C=O) groups excluding carboxylic acids is 1. The molecule has 0 saturated carbocycles. The highest BCUT2D eigenvalue weighted by Crippen LogP contribution is 2.28. The molecule has 0 amide bonds. The van der Waals surface area contributed by atoms with Crippen molar-refractivity contribution < 1.29 is 22.3 Å². The van der Waals surface area contributed by atoms with Gasteiger partial charge in [0.25, 0.3) is 0 Å². The third-order valence-corrected chi connectivity index (χ3v) is 5.98. The summed E-state index contributed by atoms with van der Waals surface area (Å²) in [5.41, 5.74) is 6.04. The number of nitrogens with zero attached hydrogens (tertiary/aromatic N) is 2. The van der Waals surface area contributed by atoms with Crippen molar-refractivity contribution in [2.75, 3.05) is 36.5 Å². The van der Waals surface area contributed by atoms with Crippen molar-refractivity contribution in [3.63, 3.8) is 0 Å². The minimum absolute atomic E-state index is 0.00655. The second kappa shape index (κ2) is 8.34. The Morgan fingerprint density at radius 2 is 1.93 bits per heavy atom. The highest BCUT2D eigenvalue weighted by Gasteiger charge is 2.30. The minimum atomic E-state index is -3.60. The number of hydrogen-bond acceptors (Lipinski definition) is 7. The van der Waals surface area contributed by atoms with E-state index in [0.29, 0.717) is 25.9 Å². The van der Waals surface area contributed by atoms with Gasteiger partial charge in [-0.15, -0.1) is 0 Å². The van der Waals surface area contributed by atoms with Gasteiger partial charge >= 0.3 is 0 Å². The predicted molar refractivity (Wildman–Crippen MR) is 108 cm³/mol. The highest BCUT2D eigenvalue weighted by molar-refractivity contribution is 7.92. The van der Waals surface area contributed by atoms with Gasteiger partial charge in [-0.1, -0.05) is 0 Å². The van der Waals surface area contributed by atoms with Crippen LogP contribution in [-0.4, -0.2) is 51.7 Å². The van der Waals surface area contributed by atoms with Crippen LogP contribution in [0.2, 0.25) is 0 Å². The van der Waals surface area contributed by atoms with Crippen molar-refractivity contribution in [1.82, 2.24) is 10.3 Å². The van der Waals surface area contributed by atoms with Crippen molar-refractivity contribution >= 4 is 27.4 Å². The fraction of sp³-hybridized carbons (Fsp3) is 0.368. The van der Waals surface area contributed by atoms with E-state index in [4.69, 9.17) is 10.5 Å². The average molecular weight is 422 g/mol. The Morgan fingerprint density at radius 1 is 1.24 bits per heavy atom. The minimum Gasteiger partial charge on any atom is -0.496 e. The van der Waals surface area contributed by atoms with Crippen LogP contribution in [-0.2, 0) is 10.0 Å². The van der Waals surface area contributed by atoms with Gasteiger partial charge in [-0.25, -0.2) is 17.8 Å². The summed E-state index contributed by atoms with van der Waals surface area (Å²) >= 11 is 0. The number of hydrogen-bond donors (Lipinski definition) is 2. The van der Waals surface area contributed by atoms with Crippen LogP contribution < -0.4 is 20.1 Å². The number of aromatic nitrogens is 1. The molecule has 1 aliphatic rings. The van der Waals surface area contributed by atoms with Gasteiger partial charge in [0.2, 0.25) is 15.8 Å². The summed E-state index contributed by atoms with van der Waals surface area (Å²) in [7, 11) is -2.23. The maximum Gasteiger partial charge on any atom is 0.233 e. The SMILES string of the molecule is COc1ccc(F)cc1C(=O)c1ccc(N(C2CCNCC2)S(C)(=O)=O)nc1N. The monoisotopic (exact) mass is 422 g/mol. The van der Waals surface area contributed by atoms with Crippen molar-refractivity contribution in [2.24, 2.45) is 0 Å². The Balaban J connectivity index is 1.99. The van der Waals surface area contributed by atoms with E-state index in [1.54, 1.807) is 0 Å². The smallest absolute Gasteiger partial charge is 0.233 e. The number of nitrogens with one attached hydrogen (secondary N) is 1. The molecule has 10 heteroatoms. The number of pyridine rings is 1. The van der Waals surface area contributed by atoms with Crippen LogP contribution in [0, 0.1) is 5.82 Å². The van der Waals surface area contributed by atoms with Crippen molar-refractivity contribution in [1.29, 1.82) is 0 Å². The lowest BCUT2D eigenvalue weighted by Gasteiger charge is -2.33. The maximum absolute atomic E-state index is 13.6. The molecular weight excluding hydrogens is 399 g/mol. The summed E-state index contributed by atoms with van der Waals surface area (Å²) < 4.78 is 44.8. The van der Waals surface area contributed by atoms with Crippen LogP contribution in [0.5, 0.6) is 5.75 Å². The molecule has 0 atom stereocenters.